The number of halogens is 1. The molecule has 1 atom stereocenters. The second-order valence-electron chi connectivity index (χ2n) is 4.59. The Balaban J connectivity index is 1.87. The number of hydrogen-bond donors (Lipinski definition) is 1. The molecular weight excluding hydrogens is 234 g/mol. The lowest BCUT2D eigenvalue weighted by molar-refractivity contribution is 0.0974. The highest BCUT2D eigenvalue weighted by Gasteiger charge is 2.15. The van der Waals surface area contributed by atoms with Gasteiger partial charge in [0.2, 0.25) is 0 Å². The van der Waals surface area contributed by atoms with Gasteiger partial charge in [0.05, 0.1) is 5.02 Å². The summed E-state index contributed by atoms with van der Waals surface area (Å²) in [4.78, 5) is 12.0. The smallest absolute Gasteiger partial charge is 0.164 e. The second kappa shape index (κ2) is 6.18. The van der Waals surface area contributed by atoms with Crippen LogP contribution in [-0.4, -0.2) is 18.4 Å². The number of nitrogens with one attached hydrogen (secondary N) is 1. The summed E-state index contributed by atoms with van der Waals surface area (Å²) < 4.78 is 0. The maximum atomic E-state index is 12.0. The number of carbonyl (C=O) groups is 1. The van der Waals surface area contributed by atoms with Crippen LogP contribution in [0.15, 0.2) is 24.3 Å². The van der Waals surface area contributed by atoms with Crippen LogP contribution >= 0.6 is 11.6 Å². The first-order valence-corrected chi connectivity index (χ1v) is 6.66. The van der Waals surface area contributed by atoms with Gasteiger partial charge in [-0.15, -0.1) is 0 Å². The average Bonchev–Trinajstić information content (AvgIpc) is 2.38. The van der Waals surface area contributed by atoms with Crippen molar-refractivity contribution in [2.75, 3.05) is 6.54 Å². The van der Waals surface area contributed by atoms with Gasteiger partial charge < -0.3 is 5.32 Å². The van der Waals surface area contributed by atoms with Crippen LogP contribution in [0.25, 0.3) is 0 Å². The standard InChI is InChI=1S/C14H18ClNO/c15-13-7-2-1-6-12(13)14(17)9-8-11-5-3-4-10-16-11/h1-2,6-7,11,16H,3-5,8-10H2. The number of Topliss-reactive ketones (excluding diaryl/α,β-unsaturated/α-hetero) is 1. The molecule has 1 aromatic carbocycles. The maximum absolute atomic E-state index is 12.0. The van der Waals surface area contributed by atoms with Gasteiger partial charge in [0, 0.05) is 18.0 Å². The number of carbonyl (C=O) groups excluding carboxylic acids is 1. The van der Waals surface area contributed by atoms with Crippen molar-refractivity contribution < 1.29 is 4.79 Å². The molecule has 0 aromatic heterocycles. The first kappa shape index (κ1) is 12.6. The lowest BCUT2D eigenvalue weighted by Crippen LogP contribution is -2.34. The van der Waals surface area contributed by atoms with Crippen LogP contribution in [0.2, 0.25) is 5.02 Å². The number of piperidine rings is 1. The highest BCUT2D eigenvalue weighted by Crippen LogP contribution is 2.19. The number of hydrogen-bond acceptors (Lipinski definition) is 2. The van der Waals surface area contributed by atoms with Crippen molar-refractivity contribution in [1.29, 1.82) is 0 Å². The largest absolute Gasteiger partial charge is 0.314 e. The van der Waals surface area contributed by atoms with Crippen molar-refractivity contribution in [1.82, 2.24) is 5.32 Å². The van der Waals surface area contributed by atoms with Crippen molar-refractivity contribution in [3.05, 3.63) is 34.9 Å². The van der Waals surface area contributed by atoms with Crippen molar-refractivity contribution >= 4 is 17.4 Å². The highest BCUT2D eigenvalue weighted by atomic mass is 35.5. The van der Waals surface area contributed by atoms with Gasteiger partial charge in [-0.1, -0.05) is 30.2 Å². The molecule has 2 rings (SSSR count). The van der Waals surface area contributed by atoms with Gasteiger partial charge in [-0.2, -0.15) is 0 Å². The summed E-state index contributed by atoms with van der Waals surface area (Å²) >= 11 is 6.00. The quantitative estimate of drug-likeness (QED) is 0.831. The molecule has 1 heterocycles. The molecule has 1 unspecified atom stereocenters. The first-order valence-electron chi connectivity index (χ1n) is 6.28. The van der Waals surface area contributed by atoms with E-state index >= 15 is 0 Å². The highest BCUT2D eigenvalue weighted by molar-refractivity contribution is 6.33. The van der Waals surface area contributed by atoms with E-state index in [4.69, 9.17) is 11.6 Å². The van der Waals surface area contributed by atoms with Gasteiger partial charge in [-0.05, 0) is 37.9 Å². The van der Waals surface area contributed by atoms with Crippen molar-refractivity contribution in [3.8, 4) is 0 Å². The summed E-state index contributed by atoms with van der Waals surface area (Å²) in [6.45, 7) is 1.09. The van der Waals surface area contributed by atoms with Crippen LogP contribution in [0.5, 0.6) is 0 Å². The van der Waals surface area contributed by atoms with Crippen molar-refractivity contribution in [2.45, 2.75) is 38.1 Å². The fourth-order valence-electron chi connectivity index (χ4n) is 2.30. The Bertz CT molecular complexity index is 386. The zero-order chi connectivity index (χ0) is 12.1. The SMILES string of the molecule is O=C(CCC1CCCCN1)c1ccccc1Cl. The molecule has 92 valence electrons. The first-order chi connectivity index (χ1) is 8.27. The number of benzene rings is 1. The van der Waals surface area contributed by atoms with Gasteiger partial charge in [0.25, 0.3) is 0 Å². The molecule has 0 radical (unpaired) electrons. The predicted molar refractivity (Wildman–Crippen MR) is 70.7 cm³/mol. The van der Waals surface area contributed by atoms with E-state index in [1.165, 1.54) is 19.3 Å². The van der Waals surface area contributed by atoms with Crippen LogP contribution in [0, 0.1) is 0 Å². The Morgan fingerprint density at radius 1 is 1.35 bits per heavy atom. The molecule has 1 aromatic rings. The van der Waals surface area contributed by atoms with Crippen molar-refractivity contribution in [2.24, 2.45) is 0 Å². The van der Waals surface area contributed by atoms with Gasteiger partial charge >= 0.3 is 0 Å². The third-order valence-electron chi connectivity index (χ3n) is 3.31. The molecule has 0 amide bonds. The maximum Gasteiger partial charge on any atom is 0.164 e. The minimum Gasteiger partial charge on any atom is -0.314 e. The van der Waals surface area contributed by atoms with Crippen molar-refractivity contribution in [3.63, 3.8) is 0 Å². The average molecular weight is 252 g/mol. The molecule has 1 N–H and O–H groups in total. The summed E-state index contributed by atoms with van der Waals surface area (Å²) in [5, 5.41) is 4.02. The van der Waals surface area contributed by atoms with Crippen LogP contribution < -0.4 is 5.32 Å². The molecule has 3 heteroatoms. The predicted octanol–water partition coefficient (Wildman–Crippen LogP) is 3.45. The van der Waals surface area contributed by atoms with Gasteiger partial charge in [0.15, 0.2) is 5.78 Å². The second-order valence-corrected chi connectivity index (χ2v) is 5.00. The summed E-state index contributed by atoms with van der Waals surface area (Å²) in [6.07, 6.45) is 5.23. The zero-order valence-corrected chi connectivity index (χ0v) is 10.7. The number of ketones is 1. The molecule has 0 spiro atoms. The van der Waals surface area contributed by atoms with Crippen LogP contribution in [0.4, 0.5) is 0 Å². The Labute approximate surface area is 107 Å². The fourth-order valence-corrected chi connectivity index (χ4v) is 2.54. The lowest BCUT2D eigenvalue weighted by Gasteiger charge is -2.23. The van der Waals surface area contributed by atoms with E-state index in [1.54, 1.807) is 12.1 Å². The topological polar surface area (TPSA) is 29.1 Å². The monoisotopic (exact) mass is 251 g/mol. The normalized spacial score (nSPS) is 20.2. The zero-order valence-electron chi connectivity index (χ0n) is 9.92. The third-order valence-corrected chi connectivity index (χ3v) is 3.64. The van der Waals surface area contributed by atoms with E-state index in [2.05, 4.69) is 5.32 Å². The minimum atomic E-state index is 0.156. The molecule has 0 saturated carbocycles. The van der Waals surface area contributed by atoms with Crippen LogP contribution in [0.1, 0.15) is 42.5 Å². The molecule has 1 saturated heterocycles. The van der Waals surface area contributed by atoms with E-state index in [0.717, 1.165) is 13.0 Å². The van der Waals surface area contributed by atoms with E-state index in [0.29, 0.717) is 23.0 Å². The van der Waals surface area contributed by atoms with Gasteiger partial charge in [-0.3, -0.25) is 4.79 Å². The summed E-state index contributed by atoms with van der Waals surface area (Å²) in [5.74, 6) is 0.156. The Morgan fingerprint density at radius 3 is 2.88 bits per heavy atom. The Kier molecular flexibility index (Phi) is 4.57. The van der Waals surface area contributed by atoms with E-state index in [1.807, 2.05) is 12.1 Å². The number of rotatable bonds is 4. The Hall–Kier alpha value is -0.860. The van der Waals surface area contributed by atoms with Gasteiger partial charge in [0.1, 0.15) is 0 Å². The van der Waals surface area contributed by atoms with Crippen LogP contribution in [0.3, 0.4) is 0 Å². The molecule has 2 nitrogen and oxygen atoms in total. The minimum absolute atomic E-state index is 0.156. The fraction of sp³-hybridized carbons (Fsp3) is 0.500. The summed E-state index contributed by atoms with van der Waals surface area (Å²) in [5.41, 5.74) is 0.657. The molecular formula is C14H18ClNO. The van der Waals surface area contributed by atoms with E-state index < -0.39 is 0 Å². The molecule has 17 heavy (non-hydrogen) atoms. The third kappa shape index (κ3) is 3.55. The van der Waals surface area contributed by atoms with Gasteiger partial charge in [-0.25, -0.2) is 0 Å². The molecule has 0 bridgehead atoms. The molecule has 0 aliphatic carbocycles. The summed E-state index contributed by atoms with van der Waals surface area (Å²) in [7, 11) is 0. The van der Waals surface area contributed by atoms with E-state index in [9.17, 15) is 4.79 Å². The van der Waals surface area contributed by atoms with Crippen LogP contribution in [-0.2, 0) is 0 Å². The Morgan fingerprint density at radius 2 is 2.18 bits per heavy atom. The summed E-state index contributed by atoms with van der Waals surface area (Å²) in [6, 6.07) is 7.79. The molecule has 1 aliphatic heterocycles. The molecule has 1 fully saturated rings. The molecule has 1 aliphatic rings. The lowest BCUT2D eigenvalue weighted by atomic mass is 9.97. The van der Waals surface area contributed by atoms with E-state index in [-0.39, 0.29) is 5.78 Å².